The smallest absolute Gasteiger partial charge is 0.126 e. The first-order valence-corrected chi connectivity index (χ1v) is 3.80. The fraction of sp³-hybridized carbons (Fsp3) is 0.333. The summed E-state index contributed by atoms with van der Waals surface area (Å²) in [6, 6.07) is 4.62. The lowest BCUT2D eigenvalue weighted by Gasteiger charge is -2.04. The van der Waals surface area contributed by atoms with Gasteiger partial charge in [0, 0.05) is 12.2 Å². The third kappa shape index (κ3) is 2.19. The van der Waals surface area contributed by atoms with Crippen molar-refractivity contribution in [1.29, 1.82) is 0 Å². The molecule has 0 unspecified atom stereocenters. The molecule has 0 aromatic heterocycles. The average Bonchev–Trinajstić information content (AvgIpc) is 2.07. The van der Waals surface area contributed by atoms with Gasteiger partial charge in [-0.15, -0.1) is 0 Å². The van der Waals surface area contributed by atoms with Crippen molar-refractivity contribution in [2.45, 2.75) is 6.92 Å². The Kier molecular flexibility index (Phi) is 3.02. The Morgan fingerprint density at radius 3 is 2.75 bits per heavy atom. The highest BCUT2D eigenvalue weighted by Gasteiger charge is 1.97. The number of aryl methyl sites for hydroxylation is 1. The van der Waals surface area contributed by atoms with Gasteiger partial charge >= 0.3 is 0 Å². The molecule has 0 radical (unpaired) electrons. The molecule has 0 saturated heterocycles. The highest BCUT2D eigenvalue weighted by atomic mass is 19.1. The van der Waals surface area contributed by atoms with Crippen molar-refractivity contribution in [2.75, 3.05) is 18.5 Å². The molecule has 0 aliphatic rings. The van der Waals surface area contributed by atoms with Gasteiger partial charge in [-0.05, 0) is 30.7 Å². The highest BCUT2D eigenvalue weighted by Crippen LogP contribution is 2.12. The molecule has 1 N–H and O–H groups in total. The molecule has 12 heavy (non-hydrogen) atoms. The molecular weight excluding hydrogens is 160 g/mol. The summed E-state index contributed by atoms with van der Waals surface area (Å²) in [5, 5.41) is 2.82. The summed E-state index contributed by atoms with van der Waals surface area (Å²) in [5.74, 6) is -0.235. The van der Waals surface area contributed by atoms with E-state index in [0.717, 1.165) is 5.69 Å². The maximum atomic E-state index is 12.7. The number of halogens is 2. The second-order valence-electron chi connectivity index (χ2n) is 2.58. The quantitative estimate of drug-likeness (QED) is 0.736. The van der Waals surface area contributed by atoms with Gasteiger partial charge in [-0.25, -0.2) is 8.78 Å². The van der Waals surface area contributed by atoms with E-state index in [1.807, 2.05) is 0 Å². The van der Waals surface area contributed by atoms with Gasteiger partial charge in [0.25, 0.3) is 0 Å². The zero-order valence-electron chi connectivity index (χ0n) is 6.90. The standard InChI is InChI=1S/C9H11F2N/c1-7-6-8(12-5-4-10)2-3-9(7)11/h2-3,6,12H,4-5H2,1H3. The number of alkyl halides is 1. The normalized spacial score (nSPS) is 9.92. The van der Waals surface area contributed by atoms with E-state index in [9.17, 15) is 8.78 Å². The van der Waals surface area contributed by atoms with E-state index < -0.39 is 6.67 Å². The van der Waals surface area contributed by atoms with E-state index in [2.05, 4.69) is 5.32 Å². The number of anilines is 1. The number of rotatable bonds is 3. The van der Waals surface area contributed by atoms with E-state index >= 15 is 0 Å². The zero-order chi connectivity index (χ0) is 8.97. The minimum atomic E-state index is -0.420. The number of benzene rings is 1. The Morgan fingerprint density at radius 2 is 2.17 bits per heavy atom. The number of hydrogen-bond donors (Lipinski definition) is 1. The molecule has 0 bridgehead atoms. The van der Waals surface area contributed by atoms with Crippen molar-refractivity contribution in [2.24, 2.45) is 0 Å². The summed E-state index contributed by atoms with van der Waals surface area (Å²) in [7, 11) is 0. The molecule has 0 atom stereocenters. The van der Waals surface area contributed by atoms with Crippen LogP contribution in [-0.2, 0) is 0 Å². The van der Waals surface area contributed by atoms with Crippen LogP contribution in [0.3, 0.4) is 0 Å². The molecule has 0 aliphatic heterocycles. The predicted molar refractivity (Wildman–Crippen MR) is 45.6 cm³/mol. The van der Waals surface area contributed by atoms with E-state index in [-0.39, 0.29) is 12.4 Å². The molecule has 1 aromatic rings. The van der Waals surface area contributed by atoms with Crippen molar-refractivity contribution in [3.8, 4) is 0 Å². The van der Waals surface area contributed by atoms with Crippen LogP contribution < -0.4 is 5.32 Å². The van der Waals surface area contributed by atoms with Gasteiger partial charge in [-0.2, -0.15) is 0 Å². The van der Waals surface area contributed by atoms with E-state index in [1.165, 1.54) is 6.07 Å². The molecule has 0 saturated carbocycles. The maximum absolute atomic E-state index is 12.7. The first-order chi connectivity index (χ1) is 5.74. The Bertz CT molecular complexity index is 261. The van der Waals surface area contributed by atoms with Crippen molar-refractivity contribution >= 4 is 5.69 Å². The van der Waals surface area contributed by atoms with Crippen LogP contribution in [0.1, 0.15) is 5.56 Å². The fourth-order valence-corrected chi connectivity index (χ4v) is 0.946. The molecule has 0 heterocycles. The molecule has 0 spiro atoms. The van der Waals surface area contributed by atoms with Crippen LogP contribution >= 0.6 is 0 Å². The van der Waals surface area contributed by atoms with Crippen molar-refractivity contribution in [1.82, 2.24) is 0 Å². The Labute approximate surface area is 70.4 Å². The summed E-state index contributed by atoms with van der Waals surface area (Å²) >= 11 is 0. The lowest BCUT2D eigenvalue weighted by atomic mass is 10.2. The first kappa shape index (κ1) is 8.97. The lowest BCUT2D eigenvalue weighted by Crippen LogP contribution is -2.03. The highest BCUT2D eigenvalue weighted by molar-refractivity contribution is 5.45. The van der Waals surface area contributed by atoms with Crippen LogP contribution in [0.25, 0.3) is 0 Å². The van der Waals surface area contributed by atoms with E-state index in [0.29, 0.717) is 5.56 Å². The topological polar surface area (TPSA) is 12.0 Å². The van der Waals surface area contributed by atoms with Gasteiger partial charge in [0.05, 0.1) is 0 Å². The first-order valence-electron chi connectivity index (χ1n) is 3.80. The van der Waals surface area contributed by atoms with Gasteiger partial charge in [0.2, 0.25) is 0 Å². The second-order valence-corrected chi connectivity index (χ2v) is 2.58. The maximum Gasteiger partial charge on any atom is 0.126 e. The average molecular weight is 171 g/mol. The van der Waals surface area contributed by atoms with Gasteiger partial charge in [0.15, 0.2) is 0 Å². The summed E-state index contributed by atoms with van der Waals surface area (Å²) in [6.07, 6.45) is 0. The van der Waals surface area contributed by atoms with Crippen LogP contribution in [0.2, 0.25) is 0 Å². The van der Waals surface area contributed by atoms with Crippen LogP contribution in [0.15, 0.2) is 18.2 Å². The van der Waals surface area contributed by atoms with Gasteiger partial charge in [0.1, 0.15) is 12.5 Å². The minimum absolute atomic E-state index is 0.235. The van der Waals surface area contributed by atoms with Crippen molar-refractivity contribution in [3.05, 3.63) is 29.6 Å². The van der Waals surface area contributed by atoms with Crippen LogP contribution in [-0.4, -0.2) is 13.2 Å². The molecular formula is C9H11F2N. The van der Waals surface area contributed by atoms with Gasteiger partial charge in [-0.1, -0.05) is 0 Å². The third-order valence-corrected chi connectivity index (χ3v) is 1.58. The molecule has 1 nitrogen and oxygen atoms in total. The molecule has 3 heteroatoms. The zero-order valence-corrected chi connectivity index (χ0v) is 6.90. The molecule has 1 rings (SSSR count). The number of hydrogen-bond acceptors (Lipinski definition) is 1. The second kappa shape index (κ2) is 4.04. The van der Waals surface area contributed by atoms with Crippen molar-refractivity contribution < 1.29 is 8.78 Å². The molecule has 0 amide bonds. The summed E-state index contributed by atoms with van der Waals surface area (Å²) in [6.45, 7) is 1.53. The van der Waals surface area contributed by atoms with Crippen LogP contribution in [0.4, 0.5) is 14.5 Å². The molecule has 0 aliphatic carbocycles. The van der Waals surface area contributed by atoms with Crippen LogP contribution in [0, 0.1) is 12.7 Å². The third-order valence-electron chi connectivity index (χ3n) is 1.58. The Balaban J connectivity index is 2.69. The minimum Gasteiger partial charge on any atom is -0.382 e. The number of nitrogens with one attached hydrogen (secondary N) is 1. The predicted octanol–water partition coefficient (Wildman–Crippen LogP) is 2.52. The van der Waals surface area contributed by atoms with Crippen LogP contribution in [0.5, 0.6) is 0 Å². The lowest BCUT2D eigenvalue weighted by molar-refractivity contribution is 0.512. The van der Waals surface area contributed by atoms with E-state index in [1.54, 1.807) is 19.1 Å². The Hall–Kier alpha value is -1.12. The van der Waals surface area contributed by atoms with Crippen molar-refractivity contribution in [3.63, 3.8) is 0 Å². The summed E-state index contributed by atoms with van der Waals surface area (Å²) < 4.78 is 24.4. The SMILES string of the molecule is Cc1cc(NCCF)ccc1F. The summed E-state index contributed by atoms with van der Waals surface area (Å²) in [4.78, 5) is 0. The largest absolute Gasteiger partial charge is 0.382 e. The monoisotopic (exact) mass is 171 g/mol. The molecule has 0 fully saturated rings. The molecule has 66 valence electrons. The van der Waals surface area contributed by atoms with Gasteiger partial charge in [-0.3, -0.25) is 0 Å². The summed E-state index contributed by atoms with van der Waals surface area (Å²) in [5.41, 5.74) is 1.32. The van der Waals surface area contributed by atoms with E-state index in [4.69, 9.17) is 0 Å². The van der Waals surface area contributed by atoms with Gasteiger partial charge < -0.3 is 5.32 Å². The Morgan fingerprint density at radius 1 is 1.42 bits per heavy atom. The molecule has 1 aromatic carbocycles. The fourth-order valence-electron chi connectivity index (χ4n) is 0.946.